The predicted octanol–water partition coefficient (Wildman–Crippen LogP) is -0.313. The number of carbonyl (C=O) groups is 2. The van der Waals surface area contributed by atoms with Crippen LogP contribution in [0.2, 0.25) is 0 Å². The summed E-state index contributed by atoms with van der Waals surface area (Å²) in [6.07, 6.45) is 0.362. The minimum Gasteiger partial charge on any atom is -0.479 e. The van der Waals surface area contributed by atoms with E-state index >= 15 is 0 Å². The number of carbonyl (C=O) groups excluding carboxylic acids is 1. The Kier molecular flexibility index (Phi) is 5.37. The number of rotatable bonds is 6. The number of nitrogens with one attached hydrogen (secondary N) is 1. The molecule has 6 nitrogen and oxygen atoms in total. The van der Waals surface area contributed by atoms with Crippen molar-refractivity contribution in [2.45, 2.75) is 31.5 Å². The second-order valence-electron chi connectivity index (χ2n) is 4.25. The fourth-order valence-electron chi connectivity index (χ4n) is 1.85. The summed E-state index contributed by atoms with van der Waals surface area (Å²) in [5.74, 6) is -1.11. The lowest BCUT2D eigenvalue weighted by Gasteiger charge is -2.20. The smallest absolute Gasteiger partial charge is 0.332 e. The molecule has 2 atom stereocenters. The summed E-state index contributed by atoms with van der Waals surface area (Å²) in [6.45, 7) is 1.50. The highest BCUT2D eigenvalue weighted by Crippen LogP contribution is 2.21. The number of carboxylic acid groups (broad SMARTS) is 1. The molecule has 1 saturated heterocycles. The summed E-state index contributed by atoms with van der Waals surface area (Å²) in [7, 11) is 3.58. The first-order valence-corrected chi connectivity index (χ1v) is 5.84. The Balaban J connectivity index is 2.35. The standard InChI is InChI=1S/C11H20N2O4/c1-12-6-3-7-13(2)10(14)8-4-5-9(17-8)11(15)16/h8-9,12H,3-7H2,1-2H3,(H,15,16)/t8-,9+/m0/s1. The van der Waals surface area contributed by atoms with Gasteiger partial charge in [-0.05, 0) is 32.9 Å². The van der Waals surface area contributed by atoms with Crippen LogP contribution in [0.15, 0.2) is 0 Å². The van der Waals surface area contributed by atoms with Crippen LogP contribution in [0.4, 0.5) is 0 Å². The molecule has 17 heavy (non-hydrogen) atoms. The van der Waals surface area contributed by atoms with Gasteiger partial charge >= 0.3 is 5.97 Å². The summed E-state index contributed by atoms with van der Waals surface area (Å²) >= 11 is 0. The van der Waals surface area contributed by atoms with Gasteiger partial charge in [0.25, 0.3) is 5.91 Å². The number of hydrogen-bond acceptors (Lipinski definition) is 4. The highest BCUT2D eigenvalue weighted by molar-refractivity contribution is 5.82. The van der Waals surface area contributed by atoms with Gasteiger partial charge in [-0.1, -0.05) is 0 Å². The van der Waals surface area contributed by atoms with E-state index in [9.17, 15) is 9.59 Å². The zero-order valence-corrected chi connectivity index (χ0v) is 10.3. The molecule has 1 amide bonds. The molecule has 0 aromatic rings. The Bertz CT molecular complexity index is 283. The number of carboxylic acids is 1. The summed E-state index contributed by atoms with van der Waals surface area (Å²) in [4.78, 5) is 24.2. The topological polar surface area (TPSA) is 78.9 Å². The van der Waals surface area contributed by atoms with Gasteiger partial charge in [-0.2, -0.15) is 0 Å². The van der Waals surface area contributed by atoms with E-state index < -0.39 is 18.2 Å². The van der Waals surface area contributed by atoms with E-state index in [-0.39, 0.29) is 5.91 Å². The van der Waals surface area contributed by atoms with E-state index in [1.807, 2.05) is 7.05 Å². The van der Waals surface area contributed by atoms with Gasteiger partial charge in [0.1, 0.15) is 6.10 Å². The van der Waals surface area contributed by atoms with E-state index in [2.05, 4.69) is 5.32 Å². The second-order valence-corrected chi connectivity index (χ2v) is 4.25. The molecule has 0 aromatic carbocycles. The lowest BCUT2D eigenvalue weighted by molar-refractivity contribution is -0.154. The van der Waals surface area contributed by atoms with Gasteiger partial charge in [0.2, 0.25) is 0 Å². The monoisotopic (exact) mass is 244 g/mol. The van der Waals surface area contributed by atoms with Crippen LogP contribution in [-0.4, -0.2) is 61.3 Å². The van der Waals surface area contributed by atoms with Crippen LogP contribution in [-0.2, 0) is 14.3 Å². The van der Waals surface area contributed by atoms with Crippen molar-refractivity contribution in [1.29, 1.82) is 0 Å². The number of ether oxygens (including phenoxy) is 1. The van der Waals surface area contributed by atoms with Crippen LogP contribution in [0.1, 0.15) is 19.3 Å². The molecule has 1 aliphatic rings. The van der Waals surface area contributed by atoms with Crippen LogP contribution < -0.4 is 5.32 Å². The van der Waals surface area contributed by atoms with E-state index in [1.54, 1.807) is 11.9 Å². The summed E-state index contributed by atoms with van der Waals surface area (Å²) in [5.41, 5.74) is 0. The van der Waals surface area contributed by atoms with Crippen molar-refractivity contribution in [1.82, 2.24) is 10.2 Å². The SMILES string of the molecule is CNCCCN(C)C(=O)[C@@H]1CC[C@H](C(=O)O)O1. The quantitative estimate of drug-likeness (QED) is 0.626. The molecule has 1 aliphatic heterocycles. The zero-order chi connectivity index (χ0) is 12.8. The normalized spacial score (nSPS) is 23.6. The average Bonchev–Trinajstić information content (AvgIpc) is 2.77. The highest BCUT2D eigenvalue weighted by atomic mass is 16.5. The van der Waals surface area contributed by atoms with Crippen molar-refractivity contribution in [3.05, 3.63) is 0 Å². The van der Waals surface area contributed by atoms with Gasteiger partial charge < -0.3 is 20.1 Å². The van der Waals surface area contributed by atoms with Crippen molar-refractivity contribution >= 4 is 11.9 Å². The largest absolute Gasteiger partial charge is 0.479 e. The Morgan fingerprint density at radius 1 is 1.41 bits per heavy atom. The Morgan fingerprint density at radius 2 is 2.06 bits per heavy atom. The zero-order valence-electron chi connectivity index (χ0n) is 10.3. The van der Waals surface area contributed by atoms with Crippen LogP contribution in [0.5, 0.6) is 0 Å². The summed E-state index contributed by atoms with van der Waals surface area (Å²) < 4.78 is 5.21. The molecule has 98 valence electrons. The van der Waals surface area contributed by atoms with Gasteiger partial charge in [-0.3, -0.25) is 4.79 Å². The number of amides is 1. The molecule has 6 heteroatoms. The third kappa shape index (κ3) is 3.98. The van der Waals surface area contributed by atoms with Crippen molar-refractivity contribution in [2.75, 3.05) is 27.2 Å². The molecular weight excluding hydrogens is 224 g/mol. The first kappa shape index (κ1) is 13.9. The highest BCUT2D eigenvalue weighted by Gasteiger charge is 2.35. The average molecular weight is 244 g/mol. The molecule has 0 saturated carbocycles. The minimum absolute atomic E-state index is 0.121. The molecule has 0 spiro atoms. The van der Waals surface area contributed by atoms with Crippen molar-refractivity contribution in [2.24, 2.45) is 0 Å². The molecule has 0 aliphatic carbocycles. The molecule has 0 radical (unpaired) electrons. The first-order chi connectivity index (χ1) is 8.06. The number of hydrogen-bond donors (Lipinski definition) is 2. The summed E-state index contributed by atoms with van der Waals surface area (Å²) in [6, 6.07) is 0. The van der Waals surface area contributed by atoms with E-state index in [0.29, 0.717) is 19.4 Å². The molecule has 1 rings (SSSR count). The lowest BCUT2D eigenvalue weighted by Crippen LogP contribution is -2.38. The van der Waals surface area contributed by atoms with Crippen LogP contribution in [0.3, 0.4) is 0 Å². The molecular formula is C11H20N2O4. The number of nitrogens with zero attached hydrogens (tertiary/aromatic N) is 1. The number of aliphatic carboxylic acids is 1. The molecule has 0 aromatic heterocycles. The fraction of sp³-hybridized carbons (Fsp3) is 0.818. The molecule has 1 fully saturated rings. The Morgan fingerprint density at radius 3 is 2.59 bits per heavy atom. The maximum Gasteiger partial charge on any atom is 0.332 e. The van der Waals surface area contributed by atoms with Crippen molar-refractivity contribution in [3.63, 3.8) is 0 Å². The Hall–Kier alpha value is -1.14. The van der Waals surface area contributed by atoms with Crippen molar-refractivity contribution in [3.8, 4) is 0 Å². The predicted molar refractivity (Wildman–Crippen MR) is 61.7 cm³/mol. The lowest BCUT2D eigenvalue weighted by atomic mass is 10.2. The van der Waals surface area contributed by atoms with Gasteiger partial charge in [0.05, 0.1) is 0 Å². The van der Waals surface area contributed by atoms with Crippen LogP contribution in [0.25, 0.3) is 0 Å². The Labute approximate surface area is 101 Å². The van der Waals surface area contributed by atoms with E-state index in [0.717, 1.165) is 13.0 Å². The molecule has 0 unspecified atom stereocenters. The number of likely N-dealkylation sites (N-methyl/N-ethyl adjacent to an activating group) is 1. The van der Waals surface area contributed by atoms with E-state index in [1.165, 1.54) is 0 Å². The third-order valence-corrected chi connectivity index (χ3v) is 2.87. The van der Waals surface area contributed by atoms with Gasteiger partial charge in [-0.15, -0.1) is 0 Å². The maximum absolute atomic E-state index is 11.9. The third-order valence-electron chi connectivity index (χ3n) is 2.87. The fourth-order valence-corrected chi connectivity index (χ4v) is 1.85. The van der Waals surface area contributed by atoms with Gasteiger partial charge in [-0.25, -0.2) is 4.79 Å². The molecule has 1 heterocycles. The maximum atomic E-state index is 11.9. The molecule has 2 N–H and O–H groups in total. The van der Waals surface area contributed by atoms with Gasteiger partial charge in [0.15, 0.2) is 6.10 Å². The second kappa shape index (κ2) is 6.56. The summed E-state index contributed by atoms with van der Waals surface area (Å²) in [5, 5.41) is 11.8. The van der Waals surface area contributed by atoms with Crippen LogP contribution in [0, 0.1) is 0 Å². The van der Waals surface area contributed by atoms with Crippen LogP contribution >= 0.6 is 0 Å². The first-order valence-electron chi connectivity index (χ1n) is 5.84. The minimum atomic E-state index is -0.988. The molecule has 0 bridgehead atoms. The van der Waals surface area contributed by atoms with Crippen molar-refractivity contribution < 1.29 is 19.4 Å². The van der Waals surface area contributed by atoms with Gasteiger partial charge in [0, 0.05) is 13.6 Å². The van der Waals surface area contributed by atoms with E-state index in [4.69, 9.17) is 9.84 Å².